The van der Waals surface area contributed by atoms with Crippen molar-refractivity contribution < 1.29 is 4.42 Å². The van der Waals surface area contributed by atoms with Crippen LogP contribution in [0.15, 0.2) is 71.1 Å². The molecule has 0 fully saturated rings. The summed E-state index contributed by atoms with van der Waals surface area (Å²) in [7, 11) is 6.38. The first-order valence-electron chi connectivity index (χ1n) is 8.21. The van der Waals surface area contributed by atoms with E-state index in [1.54, 1.807) is 4.81 Å². The number of nitrogens with zero attached hydrogens (tertiary/aromatic N) is 1. The Morgan fingerprint density at radius 1 is 0.792 bits per heavy atom. The van der Waals surface area contributed by atoms with E-state index >= 15 is 0 Å². The molecule has 1 aromatic heterocycles. The molecule has 0 N–H and O–H groups in total. The Hall–Kier alpha value is -2.68. The molecule has 0 saturated heterocycles. The van der Waals surface area contributed by atoms with Gasteiger partial charge in [-0.15, -0.1) is 0 Å². The molecule has 2 nitrogen and oxygen atoms in total. The topological polar surface area (TPSA) is 16.4 Å². The number of fused-ring (bicyclic) bond motifs is 3. The van der Waals surface area contributed by atoms with Gasteiger partial charge in [-0.05, 0) is 29.7 Å². The van der Waals surface area contributed by atoms with E-state index in [0.717, 1.165) is 33.3 Å². The monoisotopic (exact) mass is 311 g/mol. The molecule has 2 radical (unpaired) electrons. The highest BCUT2D eigenvalue weighted by molar-refractivity contribution is 6.25. The fourth-order valence-corrected chi connectivity index (χ4v) is 3.20. The number of furan rings is 1. The van der Waals surface area contributed by atoms with Crippen LogP contribution in [0.4, 0.5) is 11.4 Å². The maximum absolute atomic E-state index is 6.38. The first kappa shape index (κ1) is 14.9. The molecule has 3 heteroatoms. The van der Waals surface area contributed by atoms with Gasteiger partial charge in [0.15, 0.2) is 5.58 Å². The molecule has 0 aliphatic heterocycles. The molecule has 4 rings (SSSR count). The molecule has 0 spiro atoms. The molecule has 3 aromatic carbocycles. The van der Waals surface area contributed by atoms with Crippen molar-refractivity contribution in [3.05, 3.63) is 72.3 Å². The number of para-hydroxylation sites is 3. The summed E-state index contributed by atoms with van der Waals surface area (Å²) in [5.41, 5.74) is 4.79. The summed E-state index contributed by atoms with van der Waals surface area (Å²) in [6.07, 6.45) is 0. The average Bonchev–Trinajstić information content (AvgIpc) is 3.00. The number of hydrogen-bond acceptors (Lipinski definition) is 2. The Bertz CT molecular complexity index is 1000. The third kappa shape index (κ3) is 2.28. The van der Waals surface area contributed by atoms with Crippen molar-refractivity contribution in [2.45, 2.75) is 19.8 Å². The largest absolute Gasteiger partial charge is 0.454 e. The number of benzene rings is 3. The fraction of sp³-hybridized carbons (Fsp3) is 0.143. The summed E-state index contributed by atoms with van der Waals surface area (Å²) in [6, 6.07) is 22.4. The van der Waals surface area contributed by atoms with Gasteiger partial charge in [-0.3, -0.25) is 0 Å². The molecule has 0 bridgehead atoms. The molecule has 116 valence electrons. The highest BCUT2D eigenvalue weighted by Crippen LogP contribution is 2.39. The van der Waals surface area contributed by atoms with E-state index in [1.807, 2.05) is 42.5 Å². The molecule has 0 amide bonds. The molecule has 0 aliphatic carbocycles. The summed E-state index contributed by atoms with van der Waals surface area (Å²) < 4.78 is 6.30. The van der Waals surface area contributed by atoms with Crippen molar-refractivity contribution in [2.75, 3.05) is 4.81 Å². The van der Waals surface area contributed by atoms with Crippen LogP contribution in [0, 0.1) is 0 Å². The molecule has 0 saturated carbocycles. The Morgan fingerprint density at radius 2 is 1.46 bits per heavy atom. The van der Waals surface area contributed by atoms with E-state index in [0.29, 0.717) is 5.92 Å². The van der Waals surface area contributed by atoms with Crippen molar-refractivity contribution in [2.24, 2.45) is 0 Å². The van der Waals surface area contributed by atoms with E-state index in [2.05, 4.69) is 38.1 Å². The minimum absolute atomic E-state index is 0.404. The zero-order chi connectivity index (χ0) is 16.7. The van der Waals surface area contributed by atoms with Crippen LogP contribution >= 0.6 is 0 Å². The number of hydrogen-bond donors (Lipinski definition) is 0. The van der Waals surface area contributed by atoms with Gasteiger partial charge in [-0.25, -0.2) is 0 Å². The highest BCUT2D eigenvalue weighted by atomic mass is 16.3. The zero-order valence-electron chi connectivity index (χ0n) is 13.9. The zero-order valence-corrected chi connectivity index (χ0v) is 13.9. The maximum Gasteiger partial charge on any atom is 0.234 e. The van der Waals surface area contributed by atoms with Gasteiger partial charge in [-0.1, -0.05) is 62.4 Å². The normalized spacial score (nSPS) is 11.5. The van der Waals surface area contributed by atoms with Crippen molar-refractivity contribution >= 4 is 41.3 Å². The van der Waals surface area contributed by atoms with Gasteiger partial charge >= 0.3 is 0 Å². The molecule has 4 aromatic rings. The predicted molar refractivity (Wildman–Crippen MR) is 102 cm³/mol. The van der Waals surface area contributed by atoms with Crippen LogP contribution in [0.3, 0.4) is 0 Å². The van der Waals surface area contributed by atoms with Gasteiger partial charge in [0.05, 0.1) is 5.69 Å². The van der Waals surface area contributed by atoms with E-state index in [9.17, 15) is 0 Å². The van der Waals surface area contributed by atoms with E-state index in [1.165, 1.54) is 5.56 Å². The lowest BCUT2D eigenvalue weighted by Crippen LogP contribution is -2.11. The smallest absolute Gasteiger partial charge is 0.234 e. The summed E-state index contributed by atoms with van der Waals surface area (Å²) in [5.74, 6) is 0.404. The van der Waals surface area contributed by atoms with Gasteiger partial charge in [0.25, 0.3) is 0 Å². The molecule has 0 unspecified atom stereocenters. The second-order valence-corrected chi connectivity index (χ2v) is 6.34. The maximum atomic E-state index is 6.38. The Morgan fingerprint density at radius 3 is 2.17 bits per heavy atom. The van der Waals surface area contributed by atoms with Gasteiger partial charge in [-0.2, -0.15) is 0 Å². The minimum Gasteiger partial charge on any atom is -0.454 e. The molecule has 1 heterocycles. The summed E-state index contributed by atoms with van der Waals surface area (Å²) in [6.45, 7) is 4.37. The Balaban J connectivity index is 1.98. The first-order valence-corrected chi connectivity index (χ1v) is 8.21. The van der Waals surface area contributed by atoms with Gasteiger partial charge in [0, 0.05) is 16.5 Å². The molecular formula is C21H18BNO. The predicted octanol–water partition coefficient (Wildman–Crippen LogP) is 5.93. The van der Waals surface area contributed by atoms with Crippen LogP contribution in [0.2, 0.25) is 0 Å². The average molecular weight is 311 g/mol. The van der Waals surface area contributed by atoms with Crippen molar-refractivity contribution in [1.82, 2.24) is 0 Å². The lowest BCUT2D eigenvalue weighted by molar-refractivity contribution is 0.657. The SMILES string of the molecule is [B]N(c1ccccc1)c1cccc2c1oc1c(C(C)C)cccc12. The van der Waals surface area contributed by atoms with E-state index in [4.69, 9.17) is 12.4 Å². The molecule has 24 heavy (non-hydrogen) atoms. The van der Waals surface area contributed by atoms with Crippen molar-refractivity contribution in [3.8, 4) is 0 Å². The summed E-state index contributed by atoms with van der Waals surface area (Å²) >= 11 is 0. The van der Waals surface area contributed by atoms with Crippen LogP contribution in [-0.2, 0) is 0 Å². The lowest BCUT2D eigenvalue weighted by atomic mass is 10.00. The van der Waals surface area contributed by atoms with E-state index in [-0.39, 0.29) is 0 Å². The third-order valence-corrected chi connectivity index (χ3v) is 4.45. The first-order chi connectivity index (χ1) is 11.7. The second kappa shape index (κ2) is 5.75. The summed E-state index contributed by atoms with van der Waals surface area (Å²) in [4.78, 5) is 1.68. The van der Waals surface area contributed by atoms with Crippen LogP contribution < -0.4 is 4.81 Å². The van der Waals surface area contributed by atoms with Crippen LogP contribution in [-0.4, -0.2) is 7.98 Å². The standard InChI is InChI=1S/C21H18BNO/c1-14(2)16-10-6-11-17-18-12-7-13-19(21(18)24-20(16)17)23(22)15-8-4-3-5-9-15/h3-14H,1-2H3. The second-order valence-electron chi connectivity index (χ2n) is 6.34. The summed E-state index contributed by atoms with van der Waals surface area (Å²) in [5, 5.41) is 2.23. The van der Waals surface area contributed by atoms with Crippen LogP contribution in [0.25, 0.3) is 21.9 Å². The molecule has 0 atom stereocenters. The van der Waals surface area contributed by atoms with Crippen LogP contribution in [0.5, 0.6) is 0 Å². The van der Waals surface area contributed by atoms with Crippen molar-refractivity contribution in [1.29, 1.82) is 0 Å². The van der Waals surface area contributed by atoms with Crippen molar-refractivity contribution in [3.63, 3.8) is 0 Å². The van der Waals surface area contributed by atoms with Crippen LogP contribution in [0.1, 0.15) is 25.3 Å². The fourth-order valence-electron chi connectivity index (χ4n) is 3.20. The number of anilines is 2. The Labute approximate surface area is 143 Å². The highest BCUT2D eigenvalue weighted by Gasteiger charge is 2.16. The van der Waals surface area contributed by atoms with E-state index < -0.39 is 0 Å². The van der Waals surface area contributed by atoms with Gasteiger partial charge in [0.1, 0.15) is 5.58 Å². The van der Waals surface area contributed by atoms with Gasteiger partial charge < -0.3 is 9.23 Å². The molecule has 0 aliphatic rings. The lowest BCUT2D eigenvalue weighted by Gasteiger charge is -2.20. The third-order valence-electron chi connectivity index (χ3n) is 4.45. The molecular weight excluding hydrogens is 293 g/mol. The van der Waals surface area contributed by atoms with Gasteiger partial charge in [0.2, 0.25) is 7.98 Å². The minimum atomic E-state index is 0.404. The quantitative estimate of drug-likeness (QED) is 0.436. The number of rotatable bonds is 3. The Kier molecular flexibility index (Phi) is 3.57.